The zero-order valence-electron chi connectivity index (χ0n) is 20.2. The Kier molecular flexibility index (Phi) is 5.28. The highest BCUT2D eigenvalue weighted by Gasteiger charge is 2.47. The first-order chi connectivity index (χ1) is 17.5. The first kappa shape index (κ1) is 22.3. The fourth-order valence-corrected chi connectivity index (χ4v) is 5.36. The minimum absolute atomic E-state index is 0.0553. The minimum atomic E-state index is -1.25. The monoisotopic (exact) mass is 491 g/mol. The summed E-state index contributed by atoms with van der Waals surface area (Å²) in [6.45, 7) is 3.89. The van der Waals surface area contributed by atoms with Crippen LogP contribution in [0, 0.1) is 5.92 Å². The number of esters is 2. The molecule has 0 fully saturated rings. The number of hydrogen-bond donors (Lipinski definition) is 0. The van der Waals surface area contributed by atoms with E-state index in [2.05, 4.69) is 0 Å². The van der Waals surface area contributed by atoms with Crippen LogP contribution in [0.1, 0.15) is 25.5 Å². The third-order valence-electron chi connectivity index (χ3n) is 6.81. The van der Waals surface area contributed by atoms with Gasteiger partial charge in [-0.25, -0.2) is 0 Å². The summed E-state index contributed by atoms with van der Waals surface area (Å²) in [4.78, 5) is 28.5. The van der Waals surface area contributed by atoms with Crippen molar-refractivity contribution >= 4 is 28.4 Å². The van der Waals surface area contributed by atoms with Gasteiger partial charge >= 0.3 is 11.9 Å². The summed E-state index contributed by atoms with van der Waals surface area (Å²) in [6.07, 6.45) is 0. The highest BCUT2D eigenvalue weighted by molar-refractivity contribution is 6.07. The topological polar surface area (TPSA) is 92.8 Å². The maximum absolute atomic E-state index is 13.3. The van der Waals surface area contributed by atoms with Crippen molar-refractivity contribution in [3.63, 3.8) is 0 Å². The number of ether oxygens (including phenoxy) is 6. The van der Waals surface area contributed by atoms with Crippen molar-refractivity contribution < 1.29 is 38.0 Å². The number of benzene rings is 3. The smallest absolute Gasteiger partial charge is 0.322 e. The standard InChI is InChI=1S/C27H25NO8/c1-4-31-26(29)22(27(30)32-5-2)24-21-15(8-9-18-25(21)36-13-33-18)16-7-6-14-10-19-20(35-12-34-19)11-17(14)23(16)28(24)3/h6-11,22,24H,4-5,12-13H2,1-3H3. The molecule has 0 bridgehead atoms. The molecule has 0 radical (unpaired) electrons. The number of carbonyl (C=O) groups excluding carboxylic acids is 2. The highest BCUT2D eigenvalue weighted by Crippen LogP contribution is 2.56. The molecule has 1 atom stereocenters. The molecule has 36 heavy (non-hydrogen) atoms. The van der Waals surface area contributed by atoms with Crippen LogP contribution >= 0.6 is 0 Å². The quantitative estimate of drug-likeness (QED) is 0.385. The number of hydrogen-bond acceptors (Lipinski definition) is 9. The van der Waals surface area contributed by atoms with Gasteiger partial charge in [-0.15, -0.1) is 0 Å². The highest BCUT2D eigenvalue weighted by atomic mass is 16.7. The first-order valence-corrected chi connectivity index (χ1v) is 11.9. The van der Waals surface area contributed by atoms with Gasteiger partial charge in [-0.05, 0) is 49.1 Å². The van der Waals surface area contributed by atoms with Crippen molar-refractivity contribution in [3.8, 4) is 34.1 Å². The predicted molar refractivity (Wildman–Crippen MR) is 130 cm³/mol. The molecule has 0 aliphatic carbocycles. The second kappa shape index (κ2) is 8.51. The van der Waals surface area contributed by atoms with Crippen molar-refractivity contribution in [1.29, 1.82) is 0 Å². The molecule has 3 aromatic rings. The molecule has 9 heteroatoms. The predicted octanol–water partition coefficient (Wildman–Crippen LogP) is 4.20. The number of carbonyl (C=O) groups is 2. The lowest BCUT2D eigenvalue weighted by atomic mass is 9.80. The fourth-order valence-electron chi connectivity index (χ4n) is 5.36. The largest absolute Gasteiger partial charge is 0.465 e. The maximum Gasteiger partial charge on any atom is 0.322 e. The molecule has 3 heterocycles. The average Bonchev–Trinajstić information content (AvgIpc) is 3.53. The number of nitrogens with zero attached hydrogens (tertiary/aromatic N) is 1. The van der Waals surface area contributed by atoms with E-state index in [0.717, 1.165) is 27.6 Å². The Morgan fingerprint density at radius 1 is 0.889 bits per heavy atom. The van der Waals surface area contributed by atoms with Crippen LogP contribution in [0.25, 0.3) is 21.9 Å². The number of anilines is 1. The van der Waals surface area contributed by atoms with E-state index in [1.807, 2.05) is 48.3 Å². The molecule has 0 saturated heterocycles. The summed E-state index contributed by atoms with van der Waals surface area (Å²) in [5.74, 6) is -0.164. The van der Waals surface area contributed by atoms with E-state index in [0.29, 0.717) is 28.6 Å². The Morgan fingerprint density at radius 3 is 2.25 bits per heavy atom. The van der Waals surface area contributed by atoms with Crippen LogP contribution < -0.4 is 23.8 Å². The van der Waals surface area contributed by atoms with Crippen LogP contribution in [-0.4, -0.2) is 45.8 Å². The number of rotatable bonds is 5. The second-order valence-corrected chi connectivity index (χ2v) is 8.69. The Bertz CT molecular complexity index is 1380. The average molecular weight is 491 g/mol. The summed E-state index contributed by atoms with van der Waals surface area (Å²) < 4.78 is 33.5. The molecule has 3 aliphatic rings. The summed E-state index contributed by atoms with van der Waals surface area (Å²) in [7, 11) is 1.86. The van der Waals surface area contributed by atoms with E-state index >= 15 is 0 Å². The van der Waals surface area contributed by atoms with Crippen molar-refractivity contribution in [3.05, 3.63) is 42.0 Å². The van der Waals surface area contributed by atoms with Crippen LogP contribution in [0.15, 0.2) is 36.4 Å². The third-order valence-corrected chi connectivity index (χ3v) is 6.81. The van der Waals surface area contributed by atoms with Crippen molar-refractivity contribution in [1.82, 2.24) is 0 Å². The van der Waals surface area contributed by atoms with Gasteiger partial charge in [0.2, 0.25) is 13.6 Å². The zero-order valence-corrected chi connectivity index (χ0v) is 20.2. The van der Waals surface area contributed by atoms with E-state index in [-0.39, 0.29) is 26.8 Å². The minimum Gasteiger partial charge on any atom is -0.465 e. The lowest BCUT2D eigenvalue weighted by molar-refractivity contribution is -0.162. The number of fused-ring (bicyclic) bond motifs is 8. The van der Waals surface area contributed by atoms with Gasteiger partial charge in [0.05, 0.1) is 24.9 Å². The first-order valence-electron chi connectivity index (χ1n) is 11.9. The van der Waals surface area contributed by atoms with Gasteiger partial charge in [0.1, 0.15) is 0 Å². The van der Waals surface area contributed by atoms with Gasteiger partial charge in [0.25, 0.3) is 0 Å². The lowest BCUT2D eigenvalue weighted by Crippen LogP contribution is -2.43. The molecule has 3 aliphatic heterocycles. The van der Waals surface area contributed by atoms with E-state index in [1.54, 1.807) is 13.8 Å². The Hall–Kier alpha value is -4.14. The molecule has 6 rings (SSSR count). The SMILES string of the molecule is CCOC(=O)C(C(=O)OCC)C1c2c(ccc3c2OCO3)-c2ccc3cc4c(cc3c2N1C)OCO4. The molecular formula is C27H25NO8. The molecular weight excluding hydrogens is 466 g/mol. The van der Waals surface area contributed by atoms with E-state index in [4.69, 9.17) is 28.4 Å². The third kappa shape index (κ3) is 3.22. The normalized spacial score (nSPS) is 16.7. The van der Waals surface area contributed by atoms with E-state index in [1.165, 1.54) is 0 Å². The molecule has 0 N–H and O–H groups in total. The van der Waals surface area contributed by atoms with Crippen LogP contribution in [-0.2, 0) is 19.1 Å². The van der Waals surface area contributed by atoms with Crippen LogP contribution in [0.5, 0.6) is 23.0 Å². The molecule has 186 valence electrons. The fraction of sp³-hybridized carbons (Fsp3) is 0.333. The molecule has 3 aromatic carbocycles. The zero-order chi connectivity index (χ0) is 25.0. The molecule has 0 spiro atoms. The molecule has 9 nitrogen and oxygen atoms in total. The van der Waals surface area contributed by atoms with Gasteiger partial charge in [-0.3, -0.25) is 9.59 Å². The molecule has 1 unspecified atom stereocenters. The van der Waals surface area contributed by atoms with Gasteiger partial charge in [-0.2, -0.15) is 0 Å². The van der Waals surface area contributed by atoms with E-state index < -0.39 is 23.9 Å². The Labute approximate surface area is 207 Å². The maximum atomic E-state index is 13.3. The molecule has 0 aromatic heterocycles. The van der Waals surface area contributed by atoms with Crippen molar-refractivity contribution in [2.24, 2.45) is 5.92 Å². The second-order valence-electron chi connectivity index (χ2n) is 8.69. The van der Waals surface area contributed by atoms with Crippen LogP contribution in [0.4, 0.5) is 5.69 Å². The van der Waals surface area contributed by atoms with Crippen LogP contribution in [0.3, 0.4) is 0 Å². The van der Waals surface area contributed by atoms with E-state index in [9.17, 15) is 9.59 Å². The van der Waals surface area contributed by atoms with Crippen molar-refractivity contribution in [2.75, 3.05) is 38.7 Å². The Balaban J connectivity index is 1.63. The van der Waals surface area contributed by atoms with Gasteiger partial charge in [-0.1, -0.05) is 12.1 Å². The van der Waals surface area contributed by atoms with Crippen LogP contribution in [0.2, 0.25) is 0 Å². The Morgan fingerprint density at radius 2 is 1.53 bits per heavy atom. The van der Waals surface area contributed by atoms with Gasteiger partial charge < -0.3 is 33.3 Å². The molecule has 0 saturated carbocycles. The summed E-state index contributed by atoms with van der Waals surface area (Å²) in [5, 5.41) is 1.84. The van der Waals surface area contributed by atoms with Gasteiger partial charge in [0, 0.05) is 23.6 Å². The van der Waals surface area contributed by atoms with Gasteiger partial charge in [0.15, 0.2) is 28.9 Å². The molecule has 0 amide bonds. The van der Waals surface area contributed by atoms with Crippen molar-refractivity contribution in [2.45, 2.75) is 19.9 Å². The lowest BCUT2D eigenvalue weighted by Gasteiger charge is -2.41. The summed E-state index contributed by atoms with van der Waals surface area (Å²) >= 11 is 0. The summed E-state index contributed by atoms with van der Waals surface area (Å²) in [5.41, 5.74) is 3.31. The summed E-state index contributed by atoms with van der Waals surface area (Å²) in [6, 6.07) is 10.9.